The standard InChI is InChI=1S/C15H19F3N2O2/c1-10(2)8-20(9-15(16,17)18)14(22)19-13-6-4-5-12(7-13)11(3)21/h4-7,10H,8-9H2,1-3H3,(H,19,22). The molecule has 1 aromatic rings. The zero-order valence-corrected chi connectivity index (χ0v) is 12.7. The summed E-state index contributed by atoms with van der Waals surface area (Å²) in [7, 11) is 0. The van der Waals surface area contributed by atoms with Crippen molar-refractivity contribution in [3.8, 4) is 0 Å². The van der Waals surface area contributed by atoms with Crippen LogP contribution in [0.15, 0.2) is 24.3 Å². The third-order valence-electron chi connectivity index (χ3n) is 2.76. The molecule has 0 bridgehead atoms. The molecular weight excluding hydrogens is 297 g/mol. The maximum absolute atomic E-state index is 12.6. The summed E-state index contributed by atoms with van der Waals surface area (Å²) in [6, 6.07) is 5.24. The van der Waals surface area contributed by atoms with Gasteiger partial charge in [0.15, 0.2) is 5.78 Å². The monoisotopic (exact) mass is 316 g/mol. The molecule has 4 nitrogen and oxygen atoms in total. The summed E-state index contributed by atoms with van der Waals surface area (Å²) >= 11 is 0. The largest absolute Gasteiger partial charge is 0.406 e. The number of anilines is 1. The Morgan fingerprint density at radius 3 is 2.41 bits per heavy atom. The molecule has 0 saturated heterocycles. The van der Waals surface area contributed by atoms with Gasteiger partial charge < -0.3 is 10.2 Å². The van der Waals surface area contributed by atoms with Crippen LogP contribution in [-0.4, -0.2) is 36.0 Å². The van der Waals surface area contributed by atoms with Crippen LogP contribution >= 0.6 is 0 Å². The normalized spacial score (nSPS) is 11.4. The molecule has 0 aliphatic rings. The number of hydrogen-bond donors (Lipinski definition) is 1. The first-order chi connectivity index (χ1) is 10.1. The minimum Gasteiger partial charge on any atom is -0.315 e. The SMILES string of the molecule is CC(=O)c1cccc(NC(=O)N(CC(C)C)CC(F)(F)F)c1. The third-order valence-corrected chi connectivity index (χ3v) is 2.76. The van der Waals surface area contributed by atoms with Gasteiger partial charge in [-0.3, -0.25) is 4.79 Å². The van der Waals surface area contributed by atoms with Crippen LogP contribution in [0.2, 0.25) is 0 Å². The summed E-state index contributed by atoms with van der Waals surface area (Å²) < 4.78 is 37.7. The average molecular weight is 316 g/mol. The molecule has 1 aromatic carbocycles. The quantitative estimate of drug-likeness (QED) is 0.836. The Kier molecular flexibility index (Phi) is 5.96. The lowest BCUT2D eigenvalue weighted by atomic mass is 10.1. The Balaban J connectivity index is 2.86. The first-order valence-electron chi connectivity index (χ1n) is 6.82. The van der Waals surface area contributed by atoms with E-state index >= 15 is 0 Å². The molecule has 0 unspecified atom stereocenters. The molecule has 0 atom stereocenters. The van der Waals surface area contributed by atoms with E-state index in [0.29, 0.717) is 10.5 Å². The van der Waals surface area contributed by atoms with Gasteiger partial charge in [0, 0.05) is 17.8 Å². The molecule has 1 rings (SSSR count). The van der Waals surface area contributed by atoms with E-state index < -0.39 is 18.8 Å². The molecule has 0 radical (unpaired) electrons. The van der Waals surface area contributed by atoms with Crippen molar-refractivity contribution in [1.82, 2.24) is 4.90 Å². The highest BCUT2D eigenvalue weighted by Gasteiger charge is 2.33. The Morgan fingerprint density at radius 1 is 1.27 bits per heavy atom. The lowest BCUT2D eigenvalue weighted by Crippen LogP contribution is -2.43. The Labute approximate surface area is 127 Å². The number of Topliss-reactive ketones (excluding diaryl/α,β-unsaturated/α-hetero) is 1. The van der Waals surface area contributed by atoms with Crippen molar-refractivity contribution >= 4 is 17.5 Å². The van der Waals surface area contributed by atoms with Gasteiger partial charge >= 0.3 is 12.2 Å². The lowest BCUT2D eigenvalue weighted by Gasteiger charge is -2.26. The number of nitrogens with zero attached hydrogens (tertiary/aromatic N) is 1. The van der Waals surface area contributed by atoms with Gasteiger partial charge in [-0.15, -0.1) is 0 Å². The smallest absolute Gasteiger partial charge is 0.315 e. The molecule has 0 heterocycles. The van der Waals surface area contributed by atoms with Crippen LogP contribution in [-0.2, 0) is 0 Å². The van der Waals surface area contributed by atoms with E-state index in [-0.39, 0.29) is 23.9 Å². The second kappa shape index (κ2) is 7.29. The molecule has 122 valence electrons. The van der Waals surface area contributed by atoms with Crippen LogP contribution < -0.4 is 5.32 Å². The van der Waals surface area contributed by atoms with Gasteiger partial charge in [-0.2, -0.15) is 13.2 Å². The number of carbonyl (C=O) groups is 2. The molecular formula is C15H19F3N2O2. The van der Waals surface area contributed by atoms with Crippen LogP contribution in [0.5, 0.6) is 0 Å². The van der Waals surface area contributed by atoms with Gasteiger partial charge in [-0.25, -0.2) is 4.79 Å². The molecule has 0 saturated carbocycles. The maximum atomic E-state index is 12.6. The Hall–Kier alpha value is -2.05. The number of alkyl halides is 3. The average Bonchev–Trinajstić information content (AvgIpc) is 2.36. The molecule has 0 aromatic heterocycles. The molecule has 22 heavy (non-hydrogen) atoms. The van der Waals surface area contributed by atoms with E-state index in [1.54, 1.807) is 26.0 Å². The highest BCUT2D eigenvalue weighted by molar-refractivity contribution is 5.96. The van der Waals surface area contributed by atoms with E-state index in [2.05, 4.69) is 5.32 Å². The third kappa shape index (κ3) is 6.15. The summed E-state index contributed by atoms with van der Waals surface area (Å²) in [6.07, 6.45) is -4.46. The summed E-state index contributed by atoms with van der Waals surface area (Å²) in [6.45, 7) is 3.50. The van der Waals surface area contributed by atoms with Crippen LogP contribution in [0.1, 0.15) is 31.1 Å². The number of carbonyl (C=O) groups excluding carboxylic acids is 2. The fourth-order valence-corrected chi connectivity index (χ4v) is 1.89. The number of benzene rings is 1. The van der Waals surface area contributed by atoms with Crippen LogP contribution in [0.4, 0.5) is 23.7 Å². The molecule has 2 amide bonds. The topological polar surface area (TPSA) is 49.4 Å². The molecule has 0 fully saturated rings. The van der Waals surface area contributed by atoms with Gasteiger partial charge in [-0.05, 0) is 25.0 Å². The van der Waals surface area contributed by atoms with E-state index in [0.717, 1.165) is 0 Å². The summed E-state index contributed by atoms with van der Waals surface area (Å²) in [4.78, 5) is 24.0. The van der Waals surface area contributed by atoms with Crippen LogP contribution in [0.3, 0.4) is 0 Å². The van der Waals surface area contributed by atoms with Gasteiger partial charge in [0.1, 0.15) is 6.54 Å². The first-order valence-corrected chi connectivity index (χ1v) is 6.82. The van der Waals surface area contributed by atoms with Crippen molar-refractivity contribution in [1.29, 1.82) is 0 Å². The van der Waals surface area contributed by atoms with Crippen molar-refractivity contribution < 1.29 is 22.8 Å². The number of nitrogens with one attached hydrogen (secondary N) is 1. The van der Waals surface area contributed by atoms with Gasteiger partial charge in [0.2, 0.25) is 0 Å². The van der Waals surface area contributed by atoms with Gasteiger partial charge in [0.05, 0.1) is 0 Å². The zero-order valence-electron chi connectivity index (χ0n) is 12.7. The lowest BCUT2D eigenvalue weighted by molar-refractivity contribution is -0.140. The van der Waals surface area contributed by atoms with E-state index in [4.69, 9.17) is 0 Å². The molecule has 7 heteroatoms. The van der Waals surface area contributed by atoms with Gasteiger partial charge in [-0.1, -0.05) is 26.0 Å². The number of urea groups is 1. The predicted octanol–water partition coefficient (Wildman–Crippen LogP) is 3.94. The number of rotatable bonds is 5. The maximum Gasteiger partial charge on any atom is 0.406 e. The number of ketones is 1. The Bertz CT molecular complexity index is 542. The van der Waals surface area contributed by atoms with E-state index in [1.807, 2.05) is 0 Å². The summed E-state index contributed by atoms with van der Waals surface area (Å²) in [5, 5.41) is 2.40. The second-order valence-electron chi connectivity index (χ2n) is 5.46. The van der Waals surface area contributed by atoms with Crippen molar-refractivity contribution in [3.63, 3.8) is 0 Å². The number of halogens is 3. The van der Waals surface area contributed by atoms with Crippen molar-refractivity contribution in [2.45, 2.75) is 26.9 Å². The van der Waals surface area contributed by atoms with Gasteiger partial charge in [0.25, 0.3) is 0 Å². The van der Waals surface area contributed by atoms with E-state index in [1.165, 1.54) is 19.1 Å². The van der Waals surface area contributed by atoms with Crippen LogP contribution in [0, 0.1) is 5.92 Å². The fraction of sp³-hybridized carbons (Fsp3) is 0.467. The van der Waals surface area contributed by atoms with Crippen molar-refractivity contribution in [3.05, 3.63) is 29.8 Å². The summed E-state index contributed by atoms with van der Waals surface area (Å²) in [5.41, 5.74) is 0.665. The predicted molar refractivity (Wildman–Crippen MR) is 77.9 cm³/mol. The van der Waals surface area contributed by atoms with Crippen molar-refractivity contribution in [2.75, 3.05) is 18.4 Å². The number of amides is 2. The molecule has 0 spiro atoms. The highest BCUT2D eigenvalue weighted by atomic mass is 19.4. The molecule has 1 N–H and O–H groups in total. The Morgan fingerprint density at radius 2 is 1.91 bits per heavy atom. The summed E-state index contributed by atoms with van der Waals surface area (Å²) in [5.74, 6) is -0.290. The molecule has 0 aliphatic carbocycles. The highest BCUT2D eigenvalue weighted by Crippen LogP contribution is 2.19. The minimum atomic E-state index is -4.46. The van der Waals surface area contributed by atoms with E-state index in [9.17, 15) is 22.8 Å². The molecule has 0 aliphatic heterocycles. The van der Waals surface area contributed by atoms with Crippen LogP contribution in [0.25, 0.3) is 0 Å². The van der Waals surface area contributed by atoms with Crippen molar-refractivity contribution in [2.24, 2.45) is 5.92 Å². The minimum absolute atomic E-state index is 0.0161. The fourth-order valence-electron chi connectivity index (χ4n) is 1.89. The second-order valence-corrected chi connectivity index (χ2v) is 5.46. The number of hydrogen-bond acceptors (Lipinski definition) is 2. The zero-order chi connectivity index (χ0) is 16.9. The first kappa shape index (κ1) is 18.0.